The highest BCUT2D eigenvalue weighted by molar-refractivity contribution is 5.85. The number of aryl methyl sites for hydroxylation is 1. The van der Waals surface area contributed by atoms with Crippen LogP contribution in [0.2, 0.25) is 0 Å². The Kier molecular flexibility index (Phi) is 5.03. The lowest BCUT2D eigenvalue weighted by molar-refractivity contribution is -0.633. The summed E-state index contributed by atoms with van der Waals surface area (Å²) in [6, 6.07) is 29.0. The summed E-state index contributed by atoms with van der Waals surface area (Å²) in [4.78, 5) is 15.5. The summed E-state index contributed by atoms with van der Waals surface area (Å²) in [5.74, 6) is 0.185. The zero-order valence-electron chi connectivity index (χ0n) is 17.8. The third kappa shape index (κ3) is 3.31. The minimum atomic E-state index is -0.422. The summed E-state index contributed by atoms with van der Waals surface area (Å²) in [5, 5.41) is 0. The molecular formula is C28H27N2O+. The van der Waals surface area contributed by atoms with Gasteiger partial charge in [0.25, 0.3) is 11.6 Å². The minimum Gasteiger partial charge on any atom is -0.275 e. The van der Waals surface area contributed by atoms with Crippen LogP contribution in [0.1, 0.15) is 28.7 Å². The summed E-state index contributed by atoms with van der Waals surface area (Å²) >= 11 is 0. The number of hydrogen-bond donors (Lipinski definition) is 0. The molecule has 1 heterocycles. The maximum absolute atomic E-state index is 13.6. The second-order valence-corrected chi connectivity index (χ2v) is 8.40. The van der Waals surface area contributed by atoms with Crippen LogP contribution in [0.15, 0.2) is 91.0 Å². The summed E-state index contributed by atoms with van der Waals surface area (Å²) < 4.78 is 2.31. The fourth-order valence-corrected chi connectivity index (χ4v) is 5.21. The topological polar surface area (TPSA) is 23.3 Å². The van der Waals surface area contributed by atoms with Gasteiger partial charge in [-0.15, -0.1) is 0 Å². The van der Waals surface area contributed by atoms with E-state index in [0.717, 1.165) is 18.4 Å². The van der Waals surface area contributed by atoms with Gasteiger partial charge >= 0.3 is 0 Å². The fraction of sp³-hybridized carbons (Fsp3) is 0.214. The van der Waals surface area contributed by atoms with Crippen molar-refractivity contribution >= 4 is 18.2 Å². The highest BCUT2D eigenvalue weighted by Crippen LogP contribution is 2.46. The van der Waals surface area contributed by atoms with E-state index >= 15 is 0 Å². The van der Waals surface area contributed by atoms with Gasteiger partial charge in [-0.1, -0.05) is 78.9 Å². The zero-order chi connectivity index (χ0) is 21.3. The minimum absolute atomic E-state index is 0.185. The number of fused-ring (bicyclic) bond motifs is 2. The molecule has 1 amide bonds. The molecule has 31 heavy (non-hydrogen) atoms. The first-order valence-corrected chi connectivity index (χ1v) is 11.0. The average Bonchev–Trinajstić information content (AvgIpc) is 3.29. The smallest absolute Gasteiger partial charge is 0.275 e. The Bertz CT molecular complexity index is 1150. The SMILES string of the molecule is CN1C(=O)[C@H](Cc2ccccc2)/[N+](=C/C=C/c2ccccc2)[C@@]12CCc1ccccc12. The summed E-state index contributed by atoms with van der Waals surface area (Å²) in [5.41, 5.74) is 4.51. The van der Waals surface area contributed by atoms with Crippen LogP contribution in [0.25, 0.3) is 6.08 Å². The molecule has 1 saturated heterocycles. The van der Waals surface area contributed by atoms with Crippen LogP contribution in [0.5, 0.6) is 0 Å². The molecule has 1 aliphatic heterocycles. The number of likely N-dealkylation sites (N-methyl/N-ethyl adjacent to an activating group) is 1. The van der Waals surface area contributed by atoms with Gasteiger partial charge in [-0.2, -0.15) is 4.58 Å². The van der Waals surface area contributed by atoms with Crippen molar-refractivity contribution in [3.8, 4) is 0 Å². The lowest BCUT2D eigenvalue weighted by atomic mass is 9.99. The number of benzene rings is 3. The van der Waals surface area contributed by atoms with Gasteiger partial charge in [0.1, 0.15) is 0 Å². The van der Waals surface area contributed by atoms with Crippen molar-refractivity contribution < 1.29 is 9.37 Å². The molecule has 1 aliphatic carbocycles. The molecule has 0 unspecified atom stereocenters. The van der Waals surface area contributed by atoms with Crippen molar-refractivity contribution in [2.75, 3.05) is 7.05 Å². The number of nitrogens with zero attached hydrogens (tertiary/aromatic N) is 2. The Morgan fingerprint density at radius 1 is 0.968 bits per heavy atom. The van der Waals surface area contributed by atoms with Crippen molar-refractivity contribution in [2.45, 2.75) is 31.0 Å². The molecule has 3 aromatic carbocycles. The van der Waals surface area contributed by atoms with Crippen molar-refractivity contribution in [3.63, 3.8) is 0 Å². The third-order valence-electron chi connectivity index (χ3n) is 6.73. The number of allylic oxidation sites excluding steroid dienone is 1. The molecular weight excluding hydrogens is 380 g/mol. The van der Waals surface area contributed by atoms with Crippen molar-refractivity contribution in [1.29, 1.82) is 0 Å². The van der Waals surface area contributed by atoms with Gasteiger partial charge in [-0.25, -0.2) is 0 Å². The maximum Gasteiger partial charge on any atom is 0.296 e. The van der Waals surface area contributed by atoms with Crippen molar-refractivity contribution in [2.24, 2.45) is 0 Å². The second-order valence-electron chi connectivity index (χ2n) is 8.40. The molecule has 0 bridgehead atoms. The molecule has 3 aromatic rings. The van der Waals surface area contributed by atoms with E-state index in [1.54, 1.807) is 0 Å². The maximum atomic E-state index is 13.6. The van der Waals surface area contributed by atoms with Gasteiger partial charge in [0.05, 0.1) is 0 Å². The molecule has 0 saturated carbocycles. The summed E-state index contributed by atoms with van der Waals surface area (Å²) in [6.07, 6.45) is 8.92. The predicted octanol–water partition coefficient (Wildman–Crippen LogP) is 4.67. The standard InChI is InChI=1S/C28H27N2O/c1-29-27(31)26(21-23-13-6-3-7-14-23)30(20-10-15-22-11-4-2-5-12-22)28(29)19-18-24-16-8-9-17-25(24)28/h2-17,20,26H,18-19,21H2,1H3/q+1/b15-10+,30-20-/t26-,28+/m0/s1. The molecule has 154 valence electrons. The predicted molar refractivity (Wildman–Crippen MR) is 125 cm³/mol. The van der Waals surface area contributed by atoms with E-state index in [4.69, 9.17) is 0 Å². The van der Waals surface area contributed by atoms with Crippen LogP contribution in [0, 0.1) is 0 Å². The summed E-state index contributed by atoms with van der Waals surface area (Å²) in [7, 11) is 1.97. The first-order valence-electron chi connectivity index (χ1n) is 11.0. The number of amides is 1. The molecule has 3 heteroatoms. The van der Waals surface area contributed by atoms with Crippen molar-refractivity contribution in [3.05, 3.63) is 113 Å². The van der Waals surface area contributed by atoms with Gasteiger partial charge in [0.15, 0.2) is 6.21 Å². The Hall–Kier alpha value is -3.46. The van der Waals surface area contributed by atoms with Gasteiger partial charge < -0.3 is 0 Å². The average molecular weight is 408 g/mol. The van der Waals surface area contributed by atoms with Crippen molar-refractivity contribution in [1.82, 2.24) is 4.90 Å². The molecule has 3 nitrogen and oxygen atoms in total. The molecule has 0 radical (unpaired) electrons. The highest BCUT2D eigenvalue weighted by atomic mass is 16.2. The Morgan fingerprint density at radius 2 is 1.65 bits per heavy atom. The Balaban J connectivity index is 1.60. The second kappa shape index (κ2) is 7.99. The first kappa shape index (κ1) is 19.5. The largest absolute Gasteiger partial charge is 0.296 e. The van der Waals surface area contributed by atoms with E-state index in [0.29, 0.717) is 6.42 Å². The van der Waals surface area contributed by atoms with Crippen LogP contribution >= 0.6 is 0 Å². The molecule has 2 aliphatic rings. The third-order valence-corrected chi connectivity index (χ3v) is 6.73. The van der Waals surface area contributed by atoms with Crippen LogP contribution in [-0.4, -0.2) is 34.7 Å². The molecule has 2 atom stereocenters. The normalized spacial score (nSPS) is 23.9. The lowest BCUT2D eigenvalue weighted by Crippen LogP contribution is -2.44. The van der Waals surface area contributed by atoms with E-state index in [1.807, 2.05) is 48.3 Å². The van der Waals surface area contributed by atoms with Crippen LogP contribution in [0.3, 0.4) is 0 Å². The number of carbonyl (C=O) groups is 1. The Labute approximate surface area is 184 Å². The van der Waals surface area contributed by atoms with E-state index < -0.39 is 5.66 Å². The van der Waals surface area contributed by atoms with Crippen LogP contribution < -0.4 is 0 Å². The van der Waals surface area contributed by atoms with Gasteiger partial charge in [-0.05, 0) is 35.3 Å². The number of carbonyl (C=O) groups excluding carboxylic acids is 1. The van der Waals surface area contributed by atoms with Crippen LogP contribution in [-0.2, 0) is 23.3 Å². The van der Waals surface area contributed by atoms with Gasteiger partial charge in [0, 0.05) is 31.5 Å². The number of rotatable bonds is 4. The zero-order valence-corrected chi connectivity index (χ0v) is 17.8. The van der Waals surface area contributed by atoms with Crippen LogP contribution in [0.4, 0.5) is 0 Å². The van der Waals surface area contributed by atoms with E-state index in [1.165, 1.54) is 16.7 Å². The van der Waals surface area contributed by atoms with E-state index in [9.17, 15) is 4.79 Å². The number of hydrogen-bond acceptors (Lipinski definition) is 1. The quantitative estimate of drug-likeness (QED) is 0.577. The molecule has 1 spiro atoms. The fourth-order valence-electron chi connectivity index (χ4n) is 5.21. The molecule has 5 rings (SSSR count). The Morgan fingerprint density at radius 3 is 2.42 bits per heavy atom. The monoisotopic (exact) mass is 407 g/mol. The lowest BCUT2D eigenvalue weighted by Gasteiger charge is -2.28. The van der Waals surface area contributed by atoms with Gasteiger partial charge in [0.2, 0.25) is 6.04 Å². The van der Waals surface area contributed by atoms with E-state index in [2.05, 4.69) is 71.5 Å². The van der Waals surface area contributed by atoms with E-state index in [-0.39, 0.29) is 11.9 Å². The molecule has 1 fully saturated rings. The van der Waals surface area contributed by atoms with Gasteiger partial charge in [-0.3, -0.25) is 9.69 Å². The molecule has 0 aromatic heterocycles. The first-order chi connectivity index (χ1) is 15.2. The summed E-state index contributed by atoms with van der Waals surface area (Å²) in [6.45, 7) is 0. The highest BCUT2D eigenvalue weighted by Gasteiger charge is 2.63. The molecule has 0 N–H and O–H groups in total.